The number of carbonyl (C=O) groups is 1. The van der Waals surface area contributed by atoms with Crippen molar-refractivity contribution >= 4 is 5.97 Å². The highest BCUT2D eigenvalue weighted by Crippen LogP contribution is 2.76. The number of rotatable bonds is 15. The van der Waals surface area contributed by atoms with Crippen LogP contribution < -0.4 is 0 Å². The Morgan fingerprint density at radius 1 is 0.494 bits per heavy atom. The van der Waals surface area contributed by atoms with Crippen LogP contribution in [-0.4, -0.2) is 287 Å². The van der Waals surface area contributed by atoms with Gasteiger partial charge in [-0.3, -0.25) is 0 Å². The smallest absolute Gasteiger partial charge is 0.337 e. The molecule has 0 aromatic carbocycles. The highest BCUT2D eigenvalue weighted by Gasteiger charge is 2.71. The molecule has 0 unspecified atom stereocenters. The van der Waals surface area contributed by atoms with Gasteiger partial charge in [-0.1, -0.05) is 60.1 Å². The molecule has 10 rings (SSSR count). The highest BCUT2D eigenvalue weighted by molar-refractivity contribution is 5.75. The first kappa shape index (κ1) is 70.0. The fourth-order valence-electron chi connectivity index (χ4n) is 18.2. The number of carbonyl (C=O) groups excluding carboxylic acids is 1. The zero-order valence-electron chi connectivity index (χ0n) is 52.1. The summed E-state index contributed by atoms with van der Waals surface area (Å²) in [4.78, 5) is 13.2. The van der Waals surface area contributed by atoms with Crippen molar-refractivity contribution in [2.75, 3.05) is 33.5 Å². The normalized spacial score (nSPS) is 55.0. The van der Waals surface area contributed by atoms with Gasteiger partial charge in [-0.25, -0.2) is 4.79 Å². The maximum Gasteiger partial charge on any atom is 0.337 e. The van der Waals surface area contributed by atoms with E-state index in [0.717, 1.165) is 26.4 Å². The first-order valence-electron chi connectivity index (χ1n) is 31.7. The zero-order valence-corrected chi connectivity index (χ0v) is 52.1. The molecule has 5 aliphatic carbocycles. The molecule has 0 amide bonds. The third kappa shape index (κ3) is 11.7. The number of hydrogen-bond acceptors (Lipinski definition) is 28. The molecule has 0 aromatic rings. The molecule has 5 heterocycles. The Morgan fingerprint density at radius 2 is 0.978 bits per heavy atom. The minimum Gasteiger partial charge on any atom is -0.467 e. The predicted octanol–water partition coefficient (Wildman–Crippen LogP) is -3.56. The van der Waals surface area contributed by atoms with Gasteiger partial charge < -0.3 is 134 Å². The first-order valence-corrected chi connectivity index (χ1v) is 31.7. The van der Waals surface area contributed by atoms with E-state index in [1.54, 1.807) is 0 Å². The average molecular weight is 1280 g/mol. The molecule has 4 saturated carbocycles. The number of ether oxygens (including phenoxy) is 11. The molecule has 0 radical (unpaired) electrons. The molecule has 16 N–H and O–H groups in total. The SMILES string of the molecule is COC(=O)[C@H]1O[C@@H](O[C@H]2CC[C@@]3(C)[C@@H](CC[C@]4(C)[C@@H]3CC=C3[C@@H]5CC(C)(C)C[C@@H](O[C@@H]6O[C@H](CO)[C@@H](O)[C@H](O)[C@H]6O[C@@H]6O[C@H](CO)[C@@H](O)[C@H](O)[C@H]6O)[C@]5(C)CC[C@]34C)[C@@]2(C)CO)[C@H](O[C@@H]2O[C@H](CO)[C@H](O)[C@H](O)[C@H]2O[C@@H]2O[C@@H](C)[C@H](O)[C@@H](O)[C@H]2O)[C@@H](O)[C@@H]1O. The predicted molar refractivity (Wildman–Crippen MR) is 300 cm³/mol. The highest BCUT2D eigenvalue weighted by atomic mass is 16.8. The lowest BCUT2D eigenvalue weighted by atomic mass is 9.33. The van der Waals surface area contributed by atoms with Gasteiger partial charge in [0.2, 0.25) is 0 Å². The van der Waals surface area contributed by atoms with Gasteiger partial charge in [0.15, 0.2) is 37.6 Å². The van der Waals surface area contributed by atoms with Crippen LogP contribution in [0.2, 0.25) is 0 Å². The van der Waals surface area contributed by atoms with E-state index >= 15 is 0 Å². The van der Waals surface area contributed by atoms with Gasteiger partial charge in [0.25, 0.3) is 0 Å². The molecule has 28 nitrogen and oxygen atoms in total. The molecule has 9 fully saturated rings. The summed E-state index contributed by atoms with van der Waals surface area (Å²) in [5.74, 6) is -1.22. The van der Waals surface area contributed by atoms with Crippen molar-refractivity contribution in [3.05, 3.63) is 11.6 Å². The van der Waals surface area contributed by atoms with Crippen LogP contribution in [0.4, 0.5) is 0 Å². The standard InChI is InChI=1S/C61H100O28/c1-24-34(66)38(70)44(76)51(80-24)87-48-41(73)37(69)29(22-64)83-54(48)89-49-43(75)42(74)46(50(78)79-9)86-55(49)84-32-13-14-58(5)30(59(32,6)23-65)12-15-61(8)31(58)11-10-25-26-18-56(2,3)19-33(57(26,4)16-17-60(25,61)7)85-53-47(40(72)36(68)28(21-63)82-53)88-52-45(77)39(71)35(67)27(20-62)81-52/h10,24,26-49,51-55,62-77H,11-23H2,1-9H3/t24-,26-,27+,28+,29+,30+,31+,32-,33+,34-,35+,36+,37-,38+,39-,40-,41-,42-,43-,44+,45+,46-,47+,48+,49+,51-,52-,53-,54-,55+,57+,58-,59+,60+,61+/m0/s1. The van der Waals surface area contributed by atoms with Gasteiger partial charge in [-0.15, -0.1) is 0 Å². The minimum absolute atomic E-state index is 0.0300. The molecular weight excluding hydrogens is 1180 g/mol. The number of hydrogen-bond donors (Lipinski definition) is 16. The Bertz CT molecular complexity index is 2480. The van der Waals surface area contributed by atoms with E-state index in [1.807, 2.05) is 6.92 Å². The van der Waals surface area contributed by atoms with Gasteiger partial charge in [0.1, 0.15) is 110 Å². The molecule has 28 heteroatoms. The van der Waals surface area contributed by atoms with Crippen molar-refractivity contribution in [3.8, 4) is 0 Å². The second-order valence-corrected chi connectivity index (χ2v) is 29.4. The van der Waals surface area contributed by atoms with Crippen molar-refractivity contribution in [1.82, 2.24) is 0 Å². The number of aliphatic hydroxyl groups excluding tert-OH is 16. The fourth-order valence-corrected chi connectivity index (χ4v) is 18.2. The van der Waals surface area contributed by atoms with Crippen molar-refractivity contribution in [2.24, 2.45) is 50.2 Å². The topological polar surface area (TPSA) is 442 Å². The molecule has 35 atom stereocenters. The van der Waals surface area contributed by atoms with Crippen molar-refractivity contribution < 1.29 is 139 Å². The van der Waals surface area contributed by atoms with Crippen LogP contribution in [0.15, 0.2) is 11.6 Å². The number of esters is 1. The molecule has 0 bridgehead atoms. The molecule has 89 heavy (non-hydrogen) atoms. The molecule has 0 spiro atoms. The maximum atomic E-state index is 13.2. The number of methoxy groups -OCH3 is 1. The van der Waals surface area contributed by atoms with E-state index in [1.165, 1.54) is 12.5 Å². The van der Waals surface area contributed by atoms with Gasteiger partial charge in [-0.2, -0.15) is 0 Å². The summed E-state index contributed by atoms with van der Waals surface area (Å²) in [6, 6.07) is 0. The second-order valence-electron chi connectivity index (χ2n) is 29.4. The lowest BCUT2D eigenvalue weighted by molar-refractivity contribution is -0.396. The van der Waals surface area contributed by atoms with Crippen molar-refractivity contribution in [2.45, 2.75) is 279 Å². The maximum absolute atomic E-state index is 13.2. The van der Waals surface area contributed by atoms with E-state index in [-0.39, 0.29) is 40.6 Å². The van der Waals surface area contributed by atoms with Gasteiger partial charge in [0, 0.05) is 10.8 Å². The van der Waals surface area contributed by atoms with E-state index in [2.05, 4.69) is 47.6 Å². The van der Waals surface area contributed by atoms with Crippen LogP contribution in [0.3, 0.4) is 0 Å². The van der Waals surface area contributed by atoms with Crippen LogP contribution >= 0.6 is 0 Å². The van der Waals surface area contributed by atoms with Crippen molar-refractivity contribution in [3.63, 3.8) is 0 Å². The second kappa shape index (κ2) is 26.0. The van der Waals surface area contributed by atoms with Crippen LogP contribution in [0, 0.1) is 50.2 Å². The van der Waals surface area contributed by atoms with Crippen LogP contribution in [0.5, 0.6) is 0 Å². The van der Waals surface area contributed by atoms with Crippen LogP contribution in [0.1, 0.15) is 113 Å². The minimum atomic E-state index is -2.02. The average Bonchev–Trinajstić information content (AvgIpc) is 2.95. The lowest BCUT2D eigenvalue weighted by Gasteiger charge is -2.72. The van der Waals surface area contributed by atoms with Gasteiger partial charge in [0.05, 0.1) is 51.8 Å². The van der Waals surface area contributed by atoms with E-state index in [0.29, 0.717) is 38.5 Å². The molecule has 10 aliphatic rings. The summed E-state index contributed by atoms with van der Waals surface area (Å²) in [6.45, 7) is 14.3. The van der Waals surface area contributed by atoms with E-state index in [9.17, 15) is 86.5 Å². The third-order valence-electron chi connectivity index (χ3n) is 23.9. The summed E-state index contributed by atoms with van der Waals surface area (Å²) in [5.41, 5.74) is -1.66. The molecular formula is C61H100O28. The summed E-state index contributed by atoms with van der Waals surface area (Å²) >= 11 is 0. The largest absolute Gasteiger partial charge is 0.467 e. The quantitative estimate of drug-likeness (QED) is 0.0429. The van der Waals surface area contributed by atoms with Gasteiger partial charge >= 0.3 is 5.97 Å². The molecule has 5 saturated heterocycles. The summed E-state index contributed by atoms with van der Waals surface area (Å²) < 4.78 is 66.9. The Morgan fingerprint density at radius 3 is 1.53 bits per heavy atom. The van der Waals surface area contributed by atoms with E-state index < -0.39 is 208 Å². The fraction of sp³-hybridized carbons (Fsp3) is 0.951. The molecule has 512 valence electrons. The van der Waals surface area contributed by atoms with Crippen LogP contribution in [0.25, 0.3) is 0 Å². The van der Waals surface area contributed by atoms with Crippen LogP contribution in [-0.2, 0) is 56.9 Å². The Labute approximate surface area is 517 Å². The Hall–Kier alpha value is -1.83. The summed E-state index contributed by atoms with van der Waals surface area (Å²) in [5, 5.41) is 175. The third-order valence-corrected chi connectivity index (χ3v) is 23.9. The first-order chi connectivity index (χ1) is 41.7. The van der Waals surface area contributed by atoms with E-state index in [4.69, 9.17) is 52.1 Å². The molecule has 5 aliphatic heterocycles. The molecule has 0 aromatic heterocycles. The number of aliphatic hydroxyl groups is 16. The summed E-state index contributed by atoms with van der Waals surface area (Å²) in [6.07, 6.45) is -35.7. The zero-order chi connectivity index (χ0) is 65.2. The van der Waals surface area contributed by atoms with Crippen molar-refractivity contribution in [1.29, 1.82) is 0 Å². The Balaban J connectivity index is 0.910. The lowest BCUT2D eigenvalue weighted by Crippen LogP contribution is -2.68. The van der Waals surface area contributed by atoms with Gasteiger partial charge in [-0.05, 0) is 104 Å². The monoisotopic (exact) mass is 1280 g/mol. The summed E-state index contributed by atoms with van der Waals surface area (Å²) in [7, 11) is 1.06. The number of fused-ring (bicyclic) bond motifs is 7. The Kier molecular flexibility index (Phi) is 20.4. The number of allylic oxidation sites excluding steroid dienone is 2.